The summed E-state index contributed by atoms with van der Waals surface area (Å²) in [5, 5.41) is 9.79. The molecule has 124 heavy (non-hydrogen) atoms. The number of thiophene rings is 2. The average Bonchev–Trinajstić information content (AvgIpc) is 1.54. The Labute approximate surface area is 722 Å². The molecule has 8 heterocycles. The van der Waals surface area contributed by atoms with E-state index < -0.39 is 0 Å². The zero-order valence-electron chi connectivity index (χ0n) is 66.8. The van der Waals surface area contributed by atoms with Crippen LogP contribution in [-0.4, -0.2) is 44.0 Å². The van der Waals surface area contributed by atoms with Crippen LogP contribution in [-0.2, 0) is 0 Å². The molecule has 8 aromatic heterocycles. The standard InChI is InChI=1S/C57H36N4S.C56H35N5S/c1-5-15-37(16-6-1)42-26-30-51-46(33-42)55-54-47-34-43(38-17-7-2-8-18-38)27-31-52(47)62-53(54)35-45(48-23-13-14-32-58-48)56(55)61(51)44-28-24-41(25-29-44)57-59-49(39-19-9-3-10-20-39)36-50(60-57)40-21-11-4-12-22-40;1-5-14-36(15-6-1)41-24-28-49-44(32-41)53-52-45-33-42(37-16-7-2-8-17-37)25-29-50(45)62-51(52)34-46(56-57-30-13-31-58-56)54(53)61(49)43-26-22-39(23-27-43)48-35-47(38-18-9-3-10-19-38)59-55(60-48)40-20-11-4-12-21-40/h1-36H;1-35H. The van der Waals surface area contributed by atoms with Crippen LogP contribution in [0.5, 0.6) is 0 Å². The normalized spacial score (nSPS) is 11.5. The van der Waals surface area contributed by atoms with Crippen molar-refractivity contribution in [1.82, 2.24) is 44.0 Å². The smallest absolute Gasteiger partial charge is 0.161 e. The van der Waals surface area contributed by atoms with Gasteiger partial charge in [0.25, 0.3) is 0 Å². The van der Waals surface area contributed by atoms with Crippen molar-refractivity contribution in [2.75, 3.05) is 0 Å². The van der Waals surface area contributed by atoms with E-state index in [9.17, 15) is 0 Å². The highest BCUT2D eigenvalue weighted by atomic mass is 32.1. The van der Waals surface area contributed by atoms with Gasteiger partial charge in [-0.25, -0.2) is 29.9 Å². The van der Waals surface area contributed by atoms with Crippen LogP contribution in [0.25, 0.3) is 230 Å². The summed E-state index contributed by atoms with van der Waals surface area (Å²) < 4.78 is 9.79. The third kappa shape index (κ3) is 13.3. The van der Waals surface area contributed by atoms with E-state index >= 15 is 0 Å². The van der Waals surface area contributed by atoms with Crippen molar-refractivity contribution in [3.8, 4) is 146 Å². The van der Waals surface area contributed by atoms with E-state index in [1.54, 1.807) is 0 Å². The fourth-order valence-electron chi connectivity index (χ4n) is 17.8. The monoisotopic (exact) mass is 1620 g/mol. The van der Waals surface area contributed by atoms with Crippen molar-refractivity contribution in [2.24, 2.45) is 0 Å². The van der Waals surface area contributed by atoms with Gasteiger partial charge in [-0.05, 0) is 172 Å². The highest BCUT2D eigenvalue weighted by Gasteiger charge is 2.28. The van der Waals surface area contributed by atoms with Crippen molar-refractivity contribution in [3.05, 3.63) is 431 Å². The van der Waals surface area contributed by atoms with Gasteiger partial charge in [-0.2, -0.15) is 0 Å². The molecule has 0 saturated heterocycles. The third-order valence-electron chi connectivity index (χ3n) is 23.6. The van der Waals surface area contributed by atoms with E-state index in [1.165, 1.54) is 106 Å². The number of hydrogen-bond acceptors (Lipinski definition) is 9. The number of aromatic nitrogens is 9. The molecule has 0 bridgehead atoms. The molecule has 0 aliphatic carbocycles. The first-order valence-electron chi connectivity index (χ1n) is 41.5. The summed E-state index contributed by atoms with van der Waals surface area (Å²) in [6.45, 7) is 0. The predicted octanol–water partition coefficient (Wildman–Crippen LogP) is 30.1. The van der Waals surface area contributed by atoms with Gasteiger partial charge in [0.05, 0.1) is 50.5 Å². The van der Waals surface area contributed by atoms with Crippen molar-refractivity contribution in [2.45, 2.75) is 0 Å². The third-order valence-corrected chi connectivity index (χ3v) is 25.8. The number of hydrogen-bond donors (Lipinski definition) is 0. The molecule has 0 N–H and O–H groups in total. The number of pyridine rings is 1. The lowest BCUT2D eigenvalue weighted by atomic mass is 9.97. The molecule has 24 rings (SSSR count). The molecule has 0 fully saturated rings. The summed E-state index contributed by atoms with van der Waals surface area (Å²) in [7, 11) is 0. The first kappa shape index (κ1) is 73.1. The van der Waals surface area contributed by atoms with Crippen LogP contribution in [0.1, 0.15) is 0 Å². The first-order valence-corrected chi connectivity index (χ1v) is 43.2. The van der Waals surface area contributed by atoms with Crippen LogP contribution in [0.15, 0.2) is 431 Å². The lowest BCUT2D eigenvalue weighted by Crippen LogP contribution is -1.98. The Morgan fingerprint density at radius 2 is 0.492 bits per heavy atom. The fourth-order valence-corrected chi connectivity index (χ4v) is 20.0. The lowest BCUT2D eigenvalue weighted by molar-refractivity contribution is 1.15. The Hall–Kier alpha value is -16.1. The topological polar surface area (TPSA) is 100 Å². The van der Waals surface area contributed by atoms with Gasteiger partial charge in [0.1, 0.15) is 0 Å². The lowest BCUT2D eigenvalue weighted by Gasteiger charge is -2.13. The summed E-state index contributed by atoms with van der Waals surface area (Å²) in [6, 6.07) is 146. The van der Waals surface area contributed by atoms with E-state index in [-0.39, 0.29) is 0 Å². The fraction of sp³-hybridized carbons (Fsp3) is 0. The van der Waals surface area contributed by atoms with Crippen molar-refractivity contribution in [3.63, 3.8) is 0 Å². The van der Waals surface area contributed by atoms with E-state index in [0.29, 0.717) is 17.5 Å². The maximum Gasteiger partial charge on any atom is 0.161 e. The number of rotatable bonds is 14. The highest BCUT2D eigenvalue weighted by Crippen LogP contribution is 2.52. The number of fused-ring (bicyclic) bond motifs is 14. The summed E-state index contributed by atoms with van der Waals surface area (Å²) in [5.41, 5.74) is 28.6. The van der Waals surface area contributed by atoms with Gasteiger partial charge >= 0.3 is 0 Å². The van der Waals surface area contributed by atoms with Crippen LogP contribution in [0.3, 0.4) is 0 Å². The zero-order chi connectivity index (χ0) is 82.0. The molecule has 0 saturated carbocycles. The molecule has 580 valence electrons. The molecule has 0 unspecified atom stereocenters. The molecule has 0 atom stereocenters. The van der Waals surface area contributed by atoms with Gasteiger partial charge in [0.15, 0.2) is 17.5 Å². The van der Waals surface area contributed by atoms with Crippen LogP contribution < -0.4 is 0 Å². The Bertz CT molecular complexity index is 7540. The Morgan fingerprint density at radius 1 is 0.185 bits per heavy atom. The maximum atomic E-state index is 5.15. The SMILES string of the molecule is c1ccc(-c2ccc3sc4cc(-c5ccccn5)c5c(c6cc(-c7ccccc7)ccc6n5-c5ccc(-c6nc(-c7ccccc7)cc(-c7ccccc7)n6)cc5)c4c3c2)cc1.c1ccc(-c2ccc3sc4cc(-c5ncccn5)c5c(c6cc(-c7ccccc7)ccc6n5-c5ccc(-c6cc(-c7ccccc7)nc(-c7ccccc7)n6)cc5)c4c3c2)cc1. The number of nitrogens with zero attached hydrogens (tertiary/aromatic N) is 9. The largest absolute Gasteiger partial charge is 0.309 e. The van der Waals surface area contributed by atoms with Crippen molar-refractivity contribution in [1.29, 1.82) is 0 Å². The molecule has 0 radical (unpaired) electrons. The minimum atomic E-state index is 0.682. The molecule has 0 aliphatic heterocycles. The van der Waals surface area contributed by atoms with Crippen LogP contribution in [0.4, 0.5) is 0 Å². The molecule has 24 aromatic rings. The molecule has 9 nitrogen and oxygen atoms in total. The van der Waals surface area contributed by atoms with E-state index in [4.69, 9.17) is 34.9 Å². The van der Waals surface area contributed by atoms with Crippen LogP contribution in [0.2, 0.25) is 0 Å². The number of benzene rings is 16. The summed E-state index contributed by atoms with van der Waals surface area (Å²) in [6.07, 6.45) is 5.56. The predicted molar refractivity (Wildman–Crippen MR) is 517 cm³/mol. The molecule has 0 amide bonds. The Kier molecular flexibility index (Phi) is 18.4. The van der Waals surface area contributed by atoms with Crippen molar-refractivity contribution < 1.29 is 0 Å². The maximum absolute atomic E-state index is 5.15. The second-order valence-corrected chi connectivity index (χ2v) is 33.2. The zero-order valence-corrected chi connectivity index (χ0v) is 68.5. The second-order valence-electron chi connectivity index (χ2n) is 31.0. The van der Waals surface area contributed by atoms with Gasteiger partial charge in [-0.1, -0.05) is 285 Å². The quantitative estimate of drug-likeness (QED) is 0.107. The molecule has 0 aliphatic rings. The minimum Gasteiger partial charge on any atom is -0.309 e. The van der Waals surface area contributed by atoms with Gasteiger partial charge in [0.2, 0.25) is 0 Å². The molecular weight excluding hydrogens is 1550 g/mol. The van der Waals surface area contributed by atoms with Gasteiger partial charge < -0.3 is 9.13 Å². The van der Waals surface area contributed by atoms with E-state index in [0.717, 1.165) is 106 Å². The van der Waals surface area contributed by atoms with Gasteiger partial charge in [-0.3, -0.25) is 4.98 Å². The van der Waals surface area contributed by atoms with E-state index in [2.05, 4.69) is 361 Å². The molecule has 0 spiro atoms. The molecule has 11 heteroatoms. The second kappa shape index (κ2) is 31.3. The summed E-state index contributed by atoms with van der Waals surface area (Å²) >= 11 is 3.68. The van der Waals surface area contributed by atoms with Crippen LogP contribution >= 0.6 is 22.7 Å². The van der Waals surface area contributed by atoms with Gasteiger partial charge in [-0.15, -0.1) is 22.7 Å². The first-order chi connectivity index (χ1) is 61.5. The van der Waals surface area contributed by atoms with E-state index in [1.807, 2.05) is 102 Å². The summed E-state index contributed by atoms with van der Waals surface area (Å²) in [4.78, 5) is 35.2. The average molecular weight is 1620 g/mol. The van der Waals surface area contributed by atoms with Gasteiger partial charge in [0, 0.05) is 136 Å². The molecular formula is C113H71N9S2. The molecule has 16 aromatic carbocycles. The summed E-state index contributed by atoms with van der Waals surface area (Å²) in [5.74, 6) is 2.06. The Balaban J connectivity index is 0.000000143. The Morgan fingerprint density at radius 3 is 0.879 bits per heavy atom. The van der Waals surface area contributed by atoms with Crippen molar-refractivity contribution >= 4 is 107 Å². The highest BCUT2D eigenvalue weighted by molar-refractivity contribution is 7.26. The van der Waals surface area contributed by atoms with Crippen LogP contribution in [0, 0.1) is 0 Å². The minimum absolute atomic E-state index is 0.682.